The minimum atomic E-state index is -4.62. The third-order valence-corrected chi connectivity index (χ3v) is 6.05. The maximum absolute atomic E-state index is 12.9. The first kappa shape index (κ1) is 22.2. The van der Waals surface area contributed by atoms with E-state index < -0.39 is 22.8 Å². The van der Waals surface area contributed by atoms with Gasteiger partial charge in [-0.2, -0.15) is 13.2 Å². The Labute approximate surface area is 182 Å². The molecule has 0 fully saturated rings. The smallest absolute Gasteiger partial charge is 0.417 e. The Balaban J connectivity index is 1.56. The number of anilines is 2. The Morgan fingerprint density at radius 2 is 1.90 bits per heavy atom. The van der Waals surface area contributed by atoms with E-state index >= 15 is 0 Å². The minimum absolute atomic E-state index is 0.0529. The van der Waals surface area contributed by atoms with Crippen LogP contribution < -0.4 is 15.4 Å². The summed E-state index contributed by atoms with van der Waals surface area (Å²) in [6.07, 6.45) is -4.62. The molecule has 3 rings (SSSR count). The molecule has 0 saturated heterocycles. The normalized spacial score (nSPS) is 11.2. The van der Waals surface area contributed by atoms with Crippen LogP contribution in [0.2, 0.25) is 5.02 Å². The number of benzene rings is 2. The molecule has 0 atom stereocenters. The van der Waals surface area contributed by atoms with Gasteiger partial charge in [0, 0.05) is 11.4 Å². The van der Waals surface area contributed by atoms with Crippen molar-refractivity contribution in [2.24, 2.45) is 0 Å². The standard InChI is InChI=1S/C18H14ClF3N4O2S2/c1-28-12-5-2-10(3-6-12)9-29-17-26-25-16(30-17)24-15(27)23-11-4-7-14(19)13(8-11)18(20,21)22/h2-8H,9H2,1H3,(H2,23,24,25,27). The van der Waals surface area contributed by atoms with E-state index in [1.807, 2.05) is 24.3 Å². The van der Waals surface area contributed by atoms with Crippen LogP contribution in [-0.2, 0) is 11.9 Å². The van der Waals surface area contributed by atoms with Crippen molar-refractivity contribution in [3.8, 4) is 5.75 Å². The molecule has 2 aromatic carbocycles. The zero-order valence-electron chi connectivity index (χ0n) is 15.3. The minimum Gasteiger partial charge on any atom is -0.497 e. The Morgan fingerprint density at radius 3 is 2.57 bits per heavy atom. The van der Waals surface area contributed by atoms with E-state index in [4.69, 9.17) is 16.3 Å². The van der Waals surface area contributed by atoms with Gasteiger partial charge in [-0.1, -0.05) is 46.8 Å². The lowest BCUT2D eigenvalue weighted by Crippen LogP contribution is -2.19. The van der Waals surface area contributed by atoms with Crippen molar-refractivity contribution < 1.29 is 22.7 Å². The van der Waals surface area contributed by atoms with E-state index in [1.54, 1.807) is 7.11 Å². The van der Waals surface area contributed by atoms with Gasteiger partial charge in [-0.15, -0.1) is 10.2 Å². The van der Waals surface area contributed by atoms with Gasteiger partial charge in [0.2, 0.25) is 5.13 Å². The molecule has 2 N–H and O–H groups in total. The third kappa shape index (κ3) is 6.00. The molecule has 1 aromatic heterocycles. The number of carbonyl (C=O) groups is 1. The monoisotopic (exact) mass is 474 g/mol. The first-order valence-corrected chi connectivity index (χ1v) is 10.5. The Morgan fingerprint density at radius 1 is 1.17 bits per heavy atom. The summed E-state index contributed by atoms with van der Waals surface area (Å²) < 4.78 is 44.5. The lowest BCUT2D eigenvalue weighted by molar-refractivity contribution is -0.137. The van der Waals surface area contributed by atoms with E-state index in [0.29, 0.717) is 10.1 Å². The first-order chi connectivity index (χ1) is 14.2. The van der Waals surface area contributed by atoms with Crippen molar-refractivity contribution in [2.75, 3.05) is 17.7 Å². The van der Waals surface area contributed by atoms with Gasteiger partial charge in [0.1, 0.15) is 5.75 Å². The van der Waals surface area contributed by atoms with E-state index in [0.717, 1.165) is 34.8 Å². The highest BCUT2D eigenvalue weighted by Gasteiger charge is 2.33. The van der Waals surface area contributed by atoms with Crippen molar-refractivity contribution in [3.05, 3.63) is 58.6 Å². The van der Waals surface area contributed by atoms with E-state index in [2.05, 4.69) is 20.8 Å². The van der Waals surface area contributed by atoms with Gasteiger partial charge in [0.25, 0.3) is 0 Å². The van der Waals surface area contributed by atoms with E-state index in [1.165, 1.54) is 17.8 Å². The number of hydrogen-bond donors (Lipinski definition) is 2. The molecule has 0 aliphatic heterocycles. The van der Waals surface area contributed by atoms with Crippen molar-refractivity contribution >= 4 is 51.5 Å². The number of carbonyl (C=O) groups excluding carboxylic acids is 1. The number of hydrogen-bond acceptors (Lipinski definition) is 6. The fourth-order valence-corrected chi connectivity index (χ4v) is 4.19. The molecule has 0 aliphatic rings. The lowest BCUT2D eigenvalue weighted by Gasteiger charge is -2.11. The molecule has 158 valence electrons. The Kier molecular flexibility index (Phi) is 7.06. The second-order valence-corrected chi connectivity index (χ2v) is 8.39. The molecule has 0 spiro atoms. The molecule has 0 saturated carbocycles. The van der Waals surface area contributed by atoms with Crippen LogP contribution in [0.15, 0.2) is 46.8 Å². The average molecular weight is 475 g/mol. The topological polar surface area (TPSA) is 76.1 Å². The van der Waals surface area contributed by atoms with Gasteiger partial charge in [0.15, 0.2) is 4.34 Å². The molecule has 6 nitrogen and oxygen atoms in total. The number of aromatic nitrogens is 2. The predicted molar refractivity (Wildman–Crippen MR) is 112 cm³/mol. The number of halogens is 4. The quantitative estimate of drug-likeness (QED) is 0.331. The summed E-state index contributed by atoms with van der Waals surface area (Å²) in [5.74, 6) is 1.41. The molecular formula is C18H14ClF3N4O2S2. The summed E-state index contributed by atoms with van der Waals surface area (Å²) in [6, 6.07) is 9.93. The average Bonchev–Trinajstić information content (AvgIpc) is 3.14. The summed E-state index contributed by atoms with van der Waals surface area (Å²) in [5.41, 5.74) is -0.0237. The summed E-state index contributed by atoms with van der Waals surface area (Å²) in [7, 11) is 1.60. The Hall–Kier alpha value is -2.50. The molecule has 12 heteroatoms. The number of urea groups is 1. The number of amides is 2. The van der Waals surface area contributed by atoms with Crippen LogP contribution in [0, 0.1) is 0 Å². The summed E-state index contributed by atoms with van der Waals surface area (Å²) >= 11 is 8.15. The first-order valence-electron chi connectivity index (χ1n) is 8.28. The van der Waals surface area contributed by atoms with Crippen LogP contribution in [0.25, 0.3) is 0 Å². The van der Waals surface area contributed by atoms with E-state index in [-0.39, 0.29) is 10.8 Å². The fraction of sp³-hybridized carbons (Fsp3) is 0.167. The van der Waals surface area contributed by atoms with Crippen LogP contribution in [0.4, 0.5) is 28.8 Å². The highest BCUT2D eigenvalue weighted by atomic mass is 35.5. The molecule has 0 radical (unpaired) electrons. The number of nitrogens with zero attached hydrogens (tertiary/aromatic N) is 2. The van der Waals surface area contributed by atoms with Crippen molar-refractivity contribution in [1.29, 1.82) is 0 Å². The largest absolute Gasteiger partial charge is 0.497 e. The van der Waals surface area contributed by atoms with Crippen molar-refractivity contribution in [3.63, 3.8) is 0 Å². The number of ether oxygens (including phenoxy) is 1. The zero-order chi connectivity index (χ0) is 21.7. The molecule has 1 heterocycles. The highest BCUT2D eigenvalue weighted by Crippen LogP contribution is 2.36. The van der Waals surface area contributed by atoms with Gasteiger partial charge >= 0.3 is 12.2 Å². The number of nitrogens with one attached hydrogen (secondary N) is 2. The number of rotatable bonds is 6. The van der Waals surface area contributed by atoms with Crippen LogP contribution in [0.1, 0.15) is 11.1 Å². The second kappa shape index (κ2) is 9.54. The summed E-state index contributed by atoms with van der Waals surface area (Å²) in [5, 5.41) is 12.4. The summed E-state index contributed by atoms with van der Waals surface area (Å²) in [6.45, 7) is 0. The molecule has 3 aromatic rings. The van der Waals surface area contributed by atoms with Crippen molar-refractivity contribution in [2.45, 2.75) is 16.3 Å². The second-order valence-electron chi connectivity index (χ2n) is 5.78. The number of thioether (sulfide) groups is 1. The molecular weight excluding hydrogens is 461 g/mol. The molecule has 2 amide bonds. The maximum atomic E-state index is 12.9. The lowest BCUT2D eigenvalue weighted by atomic mass is 10.2. The fourth-order valence-electron chi connectivity index (χ4n) is 2.27. The Bertz CT molecular complexity index is 1030. The van der Waals surface area contributed by atoms with Crippen LogP contribution in [-0.4, -0.2) is 23.3 Å². The van der Waals surface area contributed by atoms with Gasteiger partial charge < -0.3 is 10.1 Å². The SMILES string of the molecule is COc1ccc(CSc2nnc(NC(=O)Nc3ccc(Cl)c(C(F)(F)F)c3)s2)cc1. The van der Waals surface area contributed by atoms with E-state index in [9.17, 15) is 18.0 Å². The van der Waals surface area contributed by atoms with Crippen molar-refractivity contribution in [1.82, 2.24) is 10.2 Å². The third-order valence-electron chi connectivity index (χ3n) is 3.68. The van der Waals surface area contributed by atoms with Crippen LogP contribution in [0.3, 0.4) is 0 Å². The molecule has 0 bridgehead atoms. The predicted octanol–water partition coefficient (Wildman–Crippen LogP) is 6.16. The number of alkyl halides is 3. The van der Waals surface area contributed by atoms with Crippen LogP contribution in [0.5, 0.6) is 5.75 Å². The molecule has 0 unspecified atom stereocenters. The number of methoxy groups -OCH3 is 1. The maximum Gasteiger partial charge on any atom is 0.417 e. The van der Waals surface area contributed by atoms with Gasteiger partial charge in [-0.05, 0) is 35.9 Å². The highest BCUT2D eigenvalue weighted by molar-refractivity contribution is 8.00. The van der Waals surface area contributed by atoms with Gasteiger partial charge in [-0.3, -0.25) is 5.32 Å². The molecule has 30 heavy (non-hydrogen) atoms. The van der Waals surface area contributed by atoms with Crippen LogP contribution >= 0.6 is 34.7 Å². The van der Waals surface area contributed by atoms with Gasteiger partial charge in [0.05, 0.1) is 17.7 Å². The zero-order valence-corrected chi connectivity index (χ0v) is 17.7. The molecule has 0 aliphatic carbocycles. The summed E-state index contributed by atoms with van der Waals surface area (Å²) in [4.78, 5) is 12.1. The van der Waals surface area contributed by atoms with Gasteiger partial charge in [-0.25, -0.2) is 4.79 Å².